The summed E-state index contributed by atoms with van der Waals surface area (Å²) in [6.45, 7) is 3.99. The maximum atomic E-state index is 13.5. The van der Waals surface area contributed by atoms with Crippen molar-refractivity contribution in [1.82, 2.24) is 19.9 Å². The van der Waals surface area contributed by atoms with Gasteiger partial charge in [-0.15, -0.1) is 0 Å². The monoisotopic (exact) mass is 454 g/mol. The summed E-state index contributed by atoms with van der Waals surface area (Å²) in [6, 6.07) is 7.89. The van der Waals surface area contributed by atoms with Crippen LogP contribution in [-0.4, -0.2) is 49.9 Å². The fraction of sp³-hybridized carbons (Fsp3) is 0.364. The highest BCUT2D eigenvalue weighted by Crippen LogP contribution is 2.53. The first-order valence-electron chi connectivity index (χ1n) is 10.5. The highest BCUT2D eigenvalue weighted by Gasteiger charge is 2.52. The van der Waals surface area contributed by atoms with Crippen LogP contribution in [0.4, 0.5) is 16.2 Å². The lowest BCUT2D eigenvalue weighted by Gasteiger charge is -2.34. The van der Waals surface area contributed by atoms with Crippen LogP contribution in [0.5, 0.6) is 0 Å². The Kier molecular flexibility index (Phi) is 5.34. The molecule has 3 heterocycles. The molecule has 1 saturated heterocycles. The van der Waals surface area contributed by atoms with Gasteiger partial charge in [-0.2, -0.15) is 0 Å². The van der Waals surface area contributed by atoms with Crippen LogP contribution in [0.2, 0.25) is 0 Å². The fourth-order valence-electron chi connectivity index (χ4n) is 3.90. The highest BCUT2D eigenvalue weighted by molar-refractivity contribution is 7.86. The Morgan fingerprint density at radius 3 is 2.56 bits per heavy atom. The lowest BCUT2D eigenvalue weighted by atomic mass is 10.2. The Morgan fingerprint density at radius 2 is 1.91 bits per heavy atom. The second-order valence-electron chi connectivity index (χ2n) is 8.10. The zero-order valence-corrected chi connectivity index (χ0v) is 18.4. The minimum absolute atomic E-state index is 0.139. The molecule has 32 heavy (non-hydrogen) atoms. The number of benzene rings is 1. The molecular formula is C22H23FN6O2S. The number of aromatic nitrogens is 4. The summed E-state index contributed by atoms with van der Waals surface area (Å²) in [5.41, 5.74) is 6.98. The number of hydrogen-bond acceptors (Lipinski definition) is 8. The number of hydrogen-bond donors (Lipinski definition) is 1. The zero-order valence-electron chi connectivity index (χ0n) is 17.6. The first kappa shape index (κ1) is 20.9. The van der Waals surface area contributed by atoms with Crippen molar-refractivity contribution in [3.8, 4) is 11.4 Å². The summed E-state index contributed by atoms with van der Waals surface area (Å²) in [4.78, 5) is 20.5. The Hall–Kier alpha value is -2.98. The van der Waals surface area contributed by atoms with Gasteiger partial charge in [-0.25, -0.2) is 24.3 Å². The summed E-state index contributed by atoms with van der Waals surface area (Å²) >= 11 is 0. The van der Waals surface area contributed by atoms with E-state index in [1.807, 2.05) is 6.07 Å². The maximum absolute atomic E-state index is 13.5. The second kappa shape index (κ2) is 8.18. The van der Waals surface area contributed by atoms with Crippen molar-refractivity contribution < 1.29 is 13.3 Å². The molecule has 0 radical (unpaired) electrons. The first-order chi connectivity index (χ1) is 15.5. The van der Waals surface area contributed by atoms with Crippen LogP contribution in [0.15, 0.2) is 47.6 Å². The average Bonchev–Trinajstić information content (AvgIpc) is 3.62. The molecule has 1 aliphatic carbocycles. The van der Waals surface area contributed by atoms with Crippen molar-refractivity contribution in [2.45, 2.75) is 35.4 Å². The highest BCUT2D eigenvalue weighted by atomic mass is 32.2. The van der Waals surface area contributed by atoms with Crippen LogP contribution < -0.4 is 10.6 Å². The number of rotatable bonds is 5. The fourth-order valence-corrected chi connectivity index (χ4v) is 5.50. The van der Waals surface area contributed by atoms with Gasteiger partial charge in [0, 0.05) is 29.9 Å². The molecule has 3 aromatic rings. The van der Waals surface area contributed by atoms with Crippen LogP contribution >= 0.6 is 0 Å². The van der Waals surface area contributed by atoms with Gasteiger partial charge in [-0.1, -0.05) is 0 Å². The lowest BCUT2D eigenvalue weighted by Crippen LogP contribution is -2.44. The van der Waals surface area contributed by atoms with Crippen LogP contribution in [0.25, 0.3) is 11.4 Å². The van der Waals surface area contributed by atoms with Crippen molar-refractivity contribution in [3.05, 3.63) is 54.2 Å². The molecule has 0 amide bonds. The third-order valence-corrected chi connectivity index (χ3v) is 7.89. The van der Waals surface area contributed by atoms with Gasteiger partial charge in [0.15, 0.2) is 5.82 Å². The van der Waals surface area contributed by atoms with E-state index in [4.69, 9.17) is 20.4 Å². The van der Waals surface area contributed by atoms with E-state index < -0.39 is 15.5 Å². The quantitative estimate of drug-likeness (QED) is 0.627. The van der Waals surface area contributed by atoms with E-state index in [9.17, 15) is 8.60 Å². The smallest absolute Gasteiger partial charge is 0.219 e. The SMILES string of the molecule is C[C@H]1COCCN1c1cc(C2(S(=O)c3ccc(F)cc3)CC2)nc(-c2cnc(N)nc2)n1. The Balaban J connectivity index is 1.60. The van der Waals surface area contributed by atoms with Crippen LogP contribution in [0.1, 0.15) is 25.5 Å². The molecular weight excluding hydrogens is 431 g/mol. The molecule has 8 nitrogen and oxygen atoms in total. The molecule has 1 aliphatic heterocycles. The van der Waals surface area contributed by atoms with Gasteiger partial charge >= 0.3 is 0 Å². The average molecular weight is 455 g/mol. The van der Waals surface area contributed by atoms with Crippen LogP contribution in [0.3, 0.4) is 0 Å². The van der Waals surface area contributed by atoms with E-state index >= 15 is 0 Å². The number of morpholine rings is 1. The molecule has 2 N–H and O–H groups in total. The van der Waals surface area contributed by atoms with Gasteiger partial charge < -0.3 is 15.4 Å². The normalized spacial score (nSPS) is 20.7. The van der Waals surface area contributed by atoms with Gasteiger partial charge in [0.05, 0.1) is 46.1 Å². The van der Waals surface area contributed by atoms with Crippen LogP contribution in [-0.2, 0) is 20.3 Å². The Bertz CT molecular complexity index is 1150. The largest absolute Gasteiger partial charge is 0.377 e. The van der Waals surface area contributed by atoms with Gasteiger partial charge in [-0.05, 0) is 44.0 Å². The predicted octanol–water partition coefficient (Wildman–Crippen LogP) is 2.68. The number of ether oxygens (including phenoxy) is 1. The van der Waals surface area contributed by atoms with E-state index in [-0.39, 0.29) is 17.8 Å². The number of nitrogen functional groups attached to an aromatic ring is 1. The van der Waals surface area contributed by atoms with Crippen LogP contribution in [0, 0.1) is 5.82 Å². The van der Waals surface area contributed by atoms with Crippen molar-refractivity contribution in [1.29, 1.82) is 0 Å². The maximum Gasteiger partial charge on any atom is 0.219 e. The van der Waals surface area contributed by atoms with Gasteiger partial charge in [0.25, 0.3) is 0 Å². The number of nitrogens with two attached hydrogens (primary N) is 1. The molecule has 2 aromatic heterocycles. The summed E-state index contributed by atoms with van der Waals surface area (Å²) in [5, 5.41) is 0. The minimum Gasteiger partial charge on any atom is -0.377 e. The Morgan fingerprint density at radius 1 is 1.19 bits per heavy atom. The molecule has 0 bridgehead atoms. The second-order valence-corrected chi connectivity index (χ2v) is 9.89. The molecule has 10 heteroatoms. The third-order valence-electron chi connectivity index (χ3n) is 5.86. The summed E-state index contributed by atoms with van der Waals surface area (Å²) in [5.74, 6) is 1.02. The summed E-state index contributed by atoms with van der Waals surface area (Å²) in [7, 11) is -1.38. The van der Waals surface area contributed by atoms with E-state index in [1.165, 1.54) is 12.1 Å². The molecule has 5 rings (SSSR count). The predicted molar refractivity (Wildman–Crippen MR) is 119 cm³/mol. The molecule has 0 spiro atoms. The van der Waals surface area contributed by atoms with Gasteiger partial charge in [0.1, 0.15) is 11.6 Å². The van der Waals surface area contributed by atoms with Crippen molar-refractivity contribution >= 4 is 22.6 Å². The first-order valence-corrected chi connectivity index (χ1v) is 11.6. The topological polar surface area (TPSA) is 107 Å². The summed E-state index contributed by atoms with van der Waals surface area (Å²) in [6.07, 6.45) is 4.63. The lowest BCUT2D eigenvalue weighted by molar-refractivity contribution is 0.0985. The standard InChI is InChI=1S/C22H23FN6O2S/c1-14-13-31-9-8-29(14)19-10-18(27-20(28-19)15-11-25-21(24)26-12-15)22(6-7-22)32(30)17-4-2-16(23)3-5-17/h2-5,10-12,14H,6-9,13H2,1H3,(H2,24,25,26)/t14-,32?/m0/s1. The molecule has 166 valence electrons. The number of nitrogens with zero attached hydrogens (tertiary/aromatic N) is 5. The molecule has 1 aromatic carbocycles. The van der Waals surface area contributed by atoms with Gasteiger partial charge in [0.2, 0.25) is 5.95 Å². The number of anilines is 2. The molecule has 2 aliphatic rings. The number of halogens is 1. The van der Waals surface area contributed by atoms with E-state index in [2.05, 4.69) is 21.8 Å². The third kappa shape index (κ3) is 3.84. The Labute approximate surface area is 187 Å². The van der Waals surface area contributed by atoms with Gasteiger partial charge in [-0.3, -0.25) is 4.21 Å². The van der Waals surface area contributed by atoms with Crippen molar-refractivity contribution in [2.75, 3.05) is 30.4 Å². The summed E-state index contributed by atoms with van der Waals surface area (Å²) < 4.78 is 31.9. The zero-order chi connectivity index (χ0) is 22.3. The van der Waals surface area contributed by atoms with E-state index in [1.54, 1.807) is 24.5 Å². The molecule has 1 unspecified atom stereocenters. The molecule has 2 atom stereocenters. The van der Waals surface area contributed by atoms with Crippen molar-refractivity contribution in [3.63, 3.8) is 0 Å². The van der Waals surface area contributed by atoms with E-state index in [0.29, 0.717) is 41.7 Å². The molecule has 1 saturated carbocycles. The van der Waals surface area contributed by atoms with E-state index in [0.717, 1.165) is 18.7 Å². The molecule has 2 fully saturated rings. The van der Waals surface area contributed by atoms with Crippen molar-refractivity contribution in [2.24, 2.45) is 0 Å². The minimum atomic E-state index is -1.38.